The van der Waals surface area contributed by atoms with Crippen molar-refractivity contribution >= 4 is 11.8 Å². The first kappa shape index (κ1) is 13.3. The van der Waals surface area contributed by atoms with Gasteiger partial charge in [0.2, 0.25) is 0 Å². The number of carbonyl (C=O) groups is 1. The molecule has 0 spiro atoms. The molecule has 1 aromatic rings. The highest BCUT2D eigenvalue weighted by Crippen LogP contribution is 2.28. The van der Waals surface area contributed by atoms with Gasteiger partial charge in [0.05, 0.1) is 11.7 Å². The molecule has 0 amide bonds. The molecule has 100 valence electrons. The SMILES string of the molecule is COC1CC(C(=O)O)N(c2nc(C)ccc2C#N)C1. The van der Waals surface area contributed by atoms with E-state index in [1.54, 1.807) is 24.1 Å². The standard InChI is InChI=1S/C13H15N3O3/c1-8-3-4-9(6-14)12(15-8)16-7-10(19-2)5-11(16)13(17)18/h3-4,10-11H,5,7H2,1-2H3,(H,17,18). The van der Waals surface area contributed by atoms with E-state index in [4.69, 9.17) is 10.00 Å². The van der Waals surface area contributed by atoms with Crippen LogP contribution in [0.2, 0.25) is 0 Å². The van der Waals surface area contributed by atoms with Gasteiger partial charge in [0, 0.05) is 25.8 Å². The Morgan fingerprint density at radius 3 is 2.95 bits per heavy atom. The van der Waals surface area contributed by atoms with Crippen LogP contribution in [0.1, 0.15) is 17.7 Å². The first-order chi connectivity index (χ1) is 9.06. The van der Waals surface area contributed by atoms with Gasteiger partial charge in [0.15, 0.2) is 0 Å². The summed E-state index contributed by atoms with van der Waals surface area (Å²) >= 11 is 0. The normalized spacial score (nSPS) is 22.3. The van der Waals surface area contributed by atoms with E-state index in [1.165, 1.54) is 0 Å². The number of aromatic nitrogens is 1. The van der Waals surface area contributed by atoms with Gasteiger partial charge in [-0.2, -0.15) is 5.26 Å². The molecule has 0 aliphatic carbocycles. The number of aryl methyl sites for hydroxylation is 1. The molecule has 2 atom stereocenters. The molecule has 0 saturated carbocycles. The summed E-state index contributed by atoms with van der Waals surface area (Å²) in [7, 11) is 1.56. The molecule has 2 heterocycles. The number of aliphatic carboxylic acids is 1. The Kier molecular flexibility index (Phi) is 3.67. The Hall–Kier alpha value is -2.13. The fourth-order valence-electron chi connectivity index (χ4n) is 2.29. The number of nitriles is 1. The quantitative estimate of drug-likeness (QED) is 0.871. The summed E-state index contributed by atoms with van der Waals surface area (Å²) in [6.07, 6.45) is 0.238. The molecule has 0 radical (unpaired) electrons. The van der Waals surface area contributed by atoms with Gasteiger partial charge in [-0.15, -0.1) is 0 Å². The van der Waals surface area contributed by atoms with Gasteiger partial charge < -0.3 is 14.7 Å². The van der Waals surface area contributed by atoms with Crippen molar-refractivity contribution in [1.82, 2.24) is 4.98 Å². The zero-order chi connectivity index (χ0) is 14.0. The van der Waals surface area contributed by atoms with Crippen LogP contribution in [-0.2, 0) is 9.53 Å². The van der Waals surface area contributed by atoms with E-state index in [0.29, 0.717) is 24.3 Å². The molecule has 1 aliphatic rings. The molecule has 6 nitrogen and oxygen atoms in total. The van der Waals surface area contributed by atoms with E-state index in [0.717, 1.165) is 5.69 Å². The van der Waals surface area contributed by atoms with Crippen molar-refractivity contribution in [3.63, 3.8) is 0 Å². The summed E-state index contributed by atoms with van der Waals surface area (Å²) in [6, 6.07) is 4.75. The number of methoxy groups -OCH3 is 1. The van der Waals surface area contributed by atoms with Crippen LogP contribution in [0.15, 0.2) is 12.1 Å². The first-order valence-corrected chi connectivity index (χ1v) is 5.96. The van der Waals surface area contributed by atoms with Crippen molar-refractivity contribution in [3.05, 3.63) is 23.4 Å². The number of pyridine rings is 1. The number of carboxylic acids is 1. The molecule has 0 bridgehead atoms. The monoisotopic (exact) mass is 261 g/mol. The van der Waals surface area contributed by atoms with Crippen LogP contribution in [0.4, 0.5) is 5.82 Å². The third-order valence-electron chi connectivity index (χ3n) is 3.29. The maximum atomic E-state index is 11.3. The van der Waals surface area contributed by atoms with Gasteiger partial charge in [-0.25, -0.2) is 9.78 Å². The second-order valence-electron chi connectivity index (χ2n) is 4.54. The second kappa shape index (κ2) is 5.24. The lowest BCUT2D eigenvalue weighted by molar-refractivity contribution is -0.138. The minimum atomic E-state index is -0.924. The van der Waals surface area contributed by atoms with Crippen molar-refractivity contribution < 1.29 is 14.6 Å². The summed E-state index contributed by atoms with van der Waals surface area (Å²) in [6.45, 7) is 2.24. The molecule has 1 saturated heterocycles. The molecule has 1 fully saturated rings. The average molecular weight is 261 g/mol. The van der Waals surface area contributed by atoms with Crippen molar-refractivity contribution in [2.45, 2.75) is 25.5 Å². The molecule has 19 heavy (non-hydrogen) atoms. The predicted octanol–water partition coefficient (Wildman–Crippen LogP) is 0.940. The minimum Gasteiger partial charge on any atom is -0.480 e. The van der Waals surface area contributed by atoms with Crippen LogP contribution < -0.4 is 4.90 Å². The highest BCUT2D eigenvalue weighted by atomic mass is 16.5. The van der Waals surface area contributed by atoms with Gasteiger partial charge in [0.25, 0.3) is 0 Å². The van der Waals surface area contributed by atoms with Crippen molar-refractivity contribution in [3.8, 4) is 6.07 Å². The van der Waals surface area contributed by atoms with E-state index in [-0.39, 0.29) is 6.10 Å². The second-order valence-corrected chi connectivity index (χ2v) is 4.54. The summed E-state index contributed by atoms with van der Waals surface area (Å²) in [5, 5.41) is 18.4. The van der Waals surface area contributed by atoms with Gasteiger partial charge >= 0.3 is 5.97 Å². The average Bonchev–Trinajstić information content (AvgIpc) is 2.83. The summed E-state index contributed by atoms with van der Waals surface area (Å²) < 4.78 is 5.23. The topological polar surface area (TPSA) is 86.5 Å². The molecule has 2 unspecified atom stereocenters. The summed E-state index contributed by atoms with van der Waals surface area (Å²) in [5.41, 5.74) is 1.13. The fourth-order valence-corrected chi connectivity index (χ4v) is 2.29. The Labute approximate surface area is 111 Å². The van der Waals surface area contributed by atoms with Crippen LogP contribution in [0, 0.1) is 18.3 Å². The summed E-state index contributed by atoms with van der Waals surface area (Å²) in [5.74, 6) is -0.499. The van der Waals surface area contributed by atoms with Crippen molar-refractivity contribution in [2.24, 2.45) is 0 Å². The van der Waals surface area contributed by atoms with Gasteiger partial charge in [0.1, 0.15) is 17.9 Å². The largest absolute Gasteiger partial charge is 0.480 e. The molecule has 2 rings (SSSR count). The molecular weight excluding hydrogens is 246 g/mol. The molecular formula is C13H15N3O3. The fraction of sp³-hybridized carbons (Fsp3) is 0.462. The van der Waals surface area contributed by atoms with Gasteiger partial charge in [-0.1, -0.05) is 0 Å². The van der Waals surface area contributed by atoms with Crippen LogP contribution >= 0.6 is 0 Å². The number of nitrogens with zero attached hydrogens (tertiary/aromatic N) is 3. The Bertz CT molecular complexity index is 538. The molecule has 6 heteroatoms. The first-order valence-electron chi connectivity index (χ1n) is 5.96. The van der Waals surface area contributed by atoms with Crippen LogP contribution in [0.3, 0.4) is 0 Å². The highest BCUT2D eigenvalue weighted by molar-refractivity contribution is 5.79. The minimum absolute atomic E-state index is 0.157. The highest BCUT2D eigenvalue weighted by Gasteiger charge is 2.38. The Morgan fingerprint density at radius 1 is 1.63 bits per heavy atom. The van der Waals surface area contributed by atoms with Crippen LogP contribution in [-0.4, -0.2) is 41.9 Å². The lowest BCUT2D eigenvalue weighted by atomic mass is 10.2. The third kappa shape index (κ3) is 2.51. The number of anilines is 1. The Morgan fingerprint density at radius 2 is 2.37 bits per heavy atom. The zero-order valence-corrected chi connectivity index (χ0v) is 10.8. The number of carboxylic acid groups (broad SMARTS) is 1. The van der Waals surface area contributed by atoms with Crippen LogP contribution in [0.25, 0.3) is 0 Å². The number of hydrogen-bond acceptors (Lipinski definition) is 5. The maximum absolute atomic E-state index is 11.3. The van der Waals surface area contributed by atoms with E-state index < -0.39 is 12.0 Å². The maximum Gasteiger partial charge on any atom is 0.326 e. The van der Waals surface area contributed by atoms with Gasteiger partial charge in [-0.05, 0) is 19.1 Å². The number of hydrogen-bond donors (Lipinski definition) is 1. The van der Waals surface area contributed by atoms with Crippen molar-refractivity contribution in [2.75, 3.05) is 18.6 Å². The zero-order valence-electron chi connectivity index (χ0n) is 10.8. The van der Waals surface area contributed by atoms with E-state index in [2.05, 4.69) is 11.1 Å². The van der Waals surface area contributed by atoms with Crippen molar-refractivity contribution in [1.29, 1.82) is 5.26 Å². The smallest absolute Gasteiger partial charge is 0.326 e. The van der Waals surface area contributed by atoms with E-state index in [1.807, 2.05) is 6.92 Å². The predicted molar refractivity (Wildman–Crippen MR) is 67.9 cm³/mol. The number of ether oxygens (including phenoxy) is 1. The van der Waals surface area contributed by atoms with Crippen LogP contribution in [0.5, 0.6) is 0 Å². The Balaban J connectivity index is 2.42. The molecule has 1 N–H and O–H groups in total. The molecule has 1 aromatic heterocycles. The number of rotatable bonds is 3. The lowest BCUT2D eigenvalue weighted by Gasteiger charge is -2.23. The molecule has 1 aliphatic heterocycles. The molecule has 0 aromatic carbocycles. The lowest BCUT2D eigenvalue weighted by Crippen LogP contribution is -2.37. The van der Waals surface area contributed by atoms with Gasteiger partial charge in [-0.3, -0.25) is 0 Å². The summed E-state index contributed by atoms with van der Waals surface area (Å²) in [4.78, 5) is 17.3. The third-order valence-corrected chi connectivity index (χ3v) is 3.29. The van der Waals surface area contributed by atoms with E-state index in [9.17, 15) is 9.90 Å². The van der Waals surface area contributed by atoms with E-state index >= 15 is 0 Å².